The smallest absolute Gasteiger partial charge is 0.338 e. The zero-order valence-electron chi connectivity index (χ0n) is 19.4. The summed E-state index contributed by atoms with van der Waals surface area (Å²) in [4.78, 5) is 31.8. The molecule has 0 amide bonds. The average Bonchev–Trinajstić information content (AvgIpc) is 3.12. The molecule has 1 aromatic heterocycles. The molecule has 10 heteroatoms. The van der Waals surface area contributed by atoms with Gasteiger partial charge in [0.15, 0.2) is 4.80 Å². The van der Waals surface area contributed by atoms with Crippen LogP contribution in [0.25, 0.3) is 6.08 Å². The fraction of sp³-hybridized carbons (Fsp3) is 0.240. The van der Waals surface area contributed by atoms with Crippen molar-refractivity contribution in [2.45, 2.75) is 19.9 Å². The number of methoxy groups -OCH3 is 2. The first-order valence-corrected chi connectivity index (χ1v) is 13.6. The second kappa shape index (κ2) is 10.8. The number of rotatable bonds is 6. The van der Waals surface area contributed by atoms with E-state index >= 15 is 0 Å². The number of hydrogen-bond donors (Lipinski definition) is 0. The fourth-order valence-corrected chi connectivity index (χ4v) is 7.21. The van der Waals surface area contributed by atoms with E-state index in [-0.39, 0.29) is 12.2 Å². The lowest BCUT2D eigenvalue weighted by Gasteiger charge is -2.24. The second-order valence-electron chi connectivity index (χ2n) is 7.59. The molecule has 7 nitrogen and oxygen atoms in total. The summed E-state index contributed by atoms with van der Waals surface area (Å²) in [6, 6.07) is 10.6. The highest BCUT2D eigenvalue weighted by atomic mass is 127. The van der Waals surface area contributed by atoms with Crippen molar-refractivity contribution in [1.29, 1.82) is 0 Å². The molecule has 0 aliphatic carbocycles. The lowest BCUT2D eigenvalue weighted by molar-refractivity contribution is -0.139. The predicted octanol–water partition coefficient (Wildman–Crippen LogP) is 4.02. The highest BCUT2D eigenvalue weighted by Crippen LogP contribution is 2.32. The van der Waals surface area contributed by atoms with Gasteiger partial charge in [-0.15, -0.1) is 0 Å². The number of hydrogen-bond acceptors (Lipinski definition) is 7. The van der Waals surface area contributed by atoms with Crippen LogP contribution in [0.5, 0.6) is 11.5 Å². The van der Waals surface area contributed by atoms with Crippen molar-refractivity contribution < 1.29 is 19.0 Å². The van der Waals surface area contributed by atoms with Gasteiger partial charge < -0.3 is 14.2 Å². The molecule has 2 aromatic carbocycles. The first-order valence-electron chi connectivity index (χ1n) is 10.7. The Morgan fingerprint density at radius 1 is 1.14 bits per heavy atom. The van der Waals surface area contributed by atoms with Crippen LogP contribution < -0.4 is 24.4 Å². The number of thiazole rings is 1. The van der Waals surface area contributed by atoms with Gasteiger partial charge in [-0.05, 0) is 100 Å². The zero-order valence-corrected chi connectivity index (χ0v) is 24.6. The maximum atomic E-state index is 13.7. The van der Waals surface area contributed by atoms with Gasteiger partial charge in [-0.3, -0.25) is 9.36 Å². The van der Waals surface area contributed by atoms with Crippen molar-refractivity contribution in [3.63, 3.8) is 0 Å². The molecule has 2 heterocycles. The number of halogens is 2. The van der Waals surface area contributed by atoms with Crippen molar-refractivity contribution >= 4 is 68.6 Å². The van der Waals surface area contributed by atoms with E-state index < -0.39 is 12.0 Å². The van der Waals surface area contributed by atoms with Gasteiger partial charge in [-0.25, -0.2) is 9.79 Å². The maximum Gasteiger partial charge on any atom is 0.338 e. The highest BCUT2D eigenvalue weighted by molar-refractivity contribution is 14.1. The summed E-state index contributed by atoms with van der Waals surface area (Å²) >= 11 is 5.74. The number of nitrogens with zero attached hydrogens (tertiary/aromatic N) is 2. The minimum atomic E-state index is -0.658. The number of aromatic nitrogens is 1. The molecule has 182 valence electrons. The number of esters is 1. The van der Waals surface area contributed by atoms with Crippen LogP contribution in [0.1, 0.15) is 31.0 Å². The lowest BCUT2D eigenvalue weighted by Crippen LogP contribution is -2.39. The zero-order chi connectivity index (χ0) is 25.3. The fourth-order valence-electron chi connectivity index (χ4n) is 3.90. The number of ether oxygens (including phenoxy) is 3. The summed E-state index contributed by atoms with van der Waals surface area (Å²) < 4.78 is 20.1. The Labute approximate surface area is 233 Å². The van der Waals surface area contributed by atoms with Crippen molar-refractivity contribution in [2.24, 2.45) is 4.99 Å². The molecule has 35 heavy (non-hydrogen) atoms. The molecule has 0 bridgehead atoms. The third kappa shape index (κ3) is 5.05. The molecular formula is C25H22I2N2O5S. The van der Waals surface area contributed by atoms with Gasteiger partial charge in [0.1, 0.15) is 11.5 Å². The highest BCUT2D eigenvalue weighted by Gasteiger charge is 2.33. The molecule has 1 aliphatic heterocycles. The van der Waals surface area contributed by atoms with E-state index in [0.717, 1.165) is 24.0 Å². The summed E-state index contributed by atoms with van der Waals surface area (Å²) in [5.74, 6) is 1.00. The van der Waals surface area contributed by atoms with E-state index in [4.69, 9.17) is 14.2 Å². The third-order valence-corrected chi connectivity index (χ3v) is 8.06. The van der Waals surface area contributed by atoms with Gasteiger partial charge in [-0.2, -0.15) is 0 Å². The van der Waals surface area contributed by atoms with E-state index in [1.165, 1.54) is 11.3 Å². The molecule has 0 spiro atoms. The molecule has 1 aliphatic rings. The van der Waals surface area contributed by atoms with E-state index in [1.54, 1.807) is 32.6 Å². The van der Waals surface area contributed by atoms with Gasteiger partial charge in [-0.1, -0.05) is 23.5 Å². The number of carbonyl (C=O) groups is 1. The van der Waals surface area contributed by atoms with Crippen LogP contribution >= 0.6 is 56.5 Å². The van der Waals surface area contributed by atoms with Crippen LogP contribution in [0.4, 0.5) is 0 Å². The second-order valence-corrected chi connectivity index (χ2v) is 10.9. The van der Waals surface area contributed by atoms with Crippen LogP contribution in [0, 0.1) is 7.14 Å². The minimum Gasteiger partial charge on any atom is -0.497 e. The lowest BCUT2D eigenvalue weighted by atomic mass is 9.96. The first kappa shape index (κ1) is 25.9. The number of carbonyl (C=O) groups excluding carboxylic acids is 1. The molecule has 0 saturated carbocycles. The normalized spacial score (nSPS) is 15.5. The molecule has 0 radical (unpaired) electrons. The van der Waals surface area contributed by atoms with Gasteiger partial charge in [0.25, 0.3) is 5.56 Å². The Balaban J connectivity index is 1.93. The van der Waals surface area contributed by atoms with Gasteiger partial charge in [0.2, 0.25) is 0 Å². The van der Waals surface area contributed by atoms with Crippen LogP contribution in [0.3, 0.4) is 0 Å². The predicted molar refractivity (Wildman–Crippen MR) is 152 cm³/mol. The minimum absolute atomic E-state index is 0.218. The standard InChI is InChI=1S/C25H22I2N2O5S/c1-5-34-24(31)20-13(2)28-25-29(21(20)15-6-8-16(32-3)9-7-15)23(30)19(35-25)12-14-10-17(26)22(33-4)18(27)11-14/h6-12,21H,5H2,1-4H3/b19-12+/t21-/m1/s1. The maximum absolute atomic E-state index is 13.7. The SMILES string of the molecule is CCOC(=O)C1=C(C)N=c2s/c(=C/c3cc(I)c(OC)c(I)c3)c(=O)n2[C@@H]1c1ccc(OC)cc1. The molecule has 0 saturated heterocycles. The molecule has 0 unspecified atom stereocenters. The molecule has 0 fully saturated rings. The Morgan fingerprint density at radius 2 is 1.80 bits per heavy atom. The number of fused-ring (bicyclic) bond motifs is 1. The third-order valence-electron chi connectivity index (χ3n) is 5.47. The molecule has 1 atom stereocenters. The van der Waals surface area contributed by atoms with Crippen LogP contribution in [-0.4, -0.2) is 31.4 Å². The summed E-state index contributed by atoms with van der Waals surface area (Å²) in [6.07, 6.45) is 1.85. The van der Waals surface area contributed by atoms with Crippen molar-refractivity contribution in [2.75, 3.05) is 20.8 Å². The van der Waals surface area contributed by atoms with Crippen molar-refractivity contribution in [3.8, 4) is 11.5 Å². The quantitative estimate of drug-likeness (QED) is 0.285. The monoisotopic (exact) mass is 716 g/mol. The van der Waals surface area contributed by atoms with Gasteiger partial charge in [0, 0.05) is 0 Å². The van der Waals surface area contributed by atoms with E-state index in [0.29, 0.717) is 26.4 Å². The summed E-state index contributed by atoms with van der Waals surface area (Å²) in [7, 11) is 3.23. The topological polar surface area (TPSA) is 79.1 Å². The first-order chi connectivity index (χ1) is 16.8. The number of allylic oxidation sites excluding steroid dienone is 1. The van der Waals surface area contributed by atoms with E-state index in [9.17, 15) is 9.59 Å². The van der Waals surface area contributed by atoms with Crippen LogP contribution in [-0.2, 0) is 9.53 Å². The molecule has 3 aromatic rings. The average molecular weight is 716 g/mol. The molecule has 4 rings (SSSR count). The van der Waals surface area contributed by atoms with E-state index in [1.807, 2.05) is 42.5 Å². The summed E-state index contributed by atoms with van der Waals surface area (Å²) in [5, 5.41) is 0. The van der Waals surface area contributed by atoms with Gasteiger partial charge in [0.05, 0.1) is 49.8 Å². The molecule has 0 N–H and O–H groups in total. The van der Waals surface area contributed by atoms with Gasteiger partial charge >= 0.3 is 5.97 Å². The Hall–Kier alpha value is -2.19. The van der Waals surface area contributed by atoms with Crippen molar-refractivity contribution in [1.82, 2.24) is 4.57 Å². The Bertz CT molecular complexity index is 1480. The summed E-state index contributed by atoms with van der Waals surface area (Å²) in [5.41, 5.74) is 2.32. The largest absolute Gasteiger partial charge is 0.497 e. The van der Waals surface area contributed by atoms with E-state index in [2.05, 4.69) is 50.2 Å². The van der Waals surface area contributed by atoms with Crippen LogP contribution in [0.2, 0.25) is 0 Å². The Kier molecular flexibility index (Phi) is 8.01. The van der Waals surface area contributed by atoms with Crippen LogP contribution in [0.15, 0.2) is 57.5 Å². The summed E-state index contributed by atoms with van der Waals surface area (Å²) in [6.45, 7) is 3.75. The number of benzene rings is 2. The molecular weight excluding hydrogens is 694 g/mol. The van der Waals surface area contributed by atoms with Crippen molar-refractivity contribution in [3.05, 3.63) is 85.6 Å². The Morgan fingerprint density at radius 3 is 2.37 bits per heavy atom.